The third-order valence-electron chi connectivity index (χ3n) is 5.07. The number of hydrogen-bond donors (Lipinski definition) is 1. The molecule has 1 saturated heterocycles. The largest absolute Gasteiger partial charge is 0.352 e. The van der Waals surface area contributed by atoms with E-state index in [1.165, 1.54) is 0 Å². The Morgan fingerprint density at radius 1 is 1.27 bits per heavy atom. The second-order valence-corrected chi connectivity index (χ2v) is 7.42. The number of aryl methyl sites for hydroxylation is 2. The van der Waals surface area contributed by atoms with Gasteiger partial charge in [-0.3, -0.25) is 19.2 Å². The number of aromatic nitrogens is 2. The molecule has 1 atom stereocenters. The van der Waals surface area contributed by atoms with Crippen LogP contribution < -0.4 is 5.32 Å². The number of carbonyl (C=O) groups is 2. The molecule has 1 N–H and O–H groups in total. The number of carbonyl (C=O) groups excluding carboxylic acids is 2. The molecule has 26 heavy (non-hydrogen) atoms. The van der Waals surface area contributed by atoms with Gasteiger partial charge in [-0.05, 0) is 32.8 Å². The van der Waals surface area contributed by atoms with Crippen LogP contribution in [0.1, 0.15) is 31.0 Å². The molecule has 0 spiro atoms. The van der Waals surface area contributed by atoms with Crippen molar-refractivity contribution in [1.82, 2.24) is 24.9 Å². The molecule has 3 rings (SSSR count). The van der Waals surface area contributed by atoms with Gasteiger partial charge in [0.1, 0.15) is 5.15 Å². The molecule has 1 unspecified atom stereocenters. The minimum absolute atomic E-state index is 0.0425. The molecule has 1 aliphatic heterocycles. The summed E-state index contributed by atoms with van der Waals surface area (Å²) in [6.45, 7) is 6.43. The molecular weight excluding hydrogens is 354 g/mol. The lowest BCUT2D eigenvalue weighted by atomic mass is 10.2. The van der Waals surface area contributed by atoms with E-state index in [2.05, 4.69) is 15.3 Å². The van der Waals surface area contributed by atoms with Crippen molar-refractivity contribution in [3.8, 4) is 0 Å². The van der Waals surface area contributed by atoms with Crippen LogP contribution in [-0.2, 0) is 16.6 Å². The van der Waals surface area contributed by atoms with Gasteiger partial charge in [0, 0.05) is 50.9 Å². The Morgan fingerprint density at radius 3 is 2.46 bits per heavy atom. The van der Waals surface area contributed by atoms with Gasteiger partial charge >= 0.3 is 0 Å². The van der Waals surface area contributed by atoms with Crippen molar-refractivity contribution in [2.75, 3.05) is 26.2 Å². The minimum atomic E-state index is -0.153. The molecule has 2 fully saturated rings. The smallest absolute Gasteiger partial charge is 0.246 e. The van der Waals surface area contributed by atoms with Gasteiger partial charge in [-0.15, -0.1) is 0 Å². The van der Waals surface area contributed by atoms with Gasteiger partial charge < -0.3 is 10.2 Å². The highest BCUT2D eigenvalue weighted by Crippen LogP contribution is 2.21. The fraction of sp³-hybridized carbons (Fsp3) is 0.611. The first kappa shape index (κ1) is 18.9. The number of amides is 2. The quantitative estimate of drug-likeness (QED) is 0.780. The van der Waals surface area contributed by atoms with Crippen LogP contribution in [0.5, 0.6) is 0 Å². The maximum atomic E-state index is 12.4. The Bertz CT molecular complexity index is 717. The monoisotopic (exact) mass is 379 g/mol. The van der Waals surface area contributed by atoms with Gasteiger partial charge in [0.2, 0.25) is 11.8 Å². The number of piperazine rings is 1. The molecule has 0 bridgehead atoms. The standard InChI is InChI=1S/C18H26ClN5O2/c1-12-15(17(19)22(3)21-12)6-7-16(25)24-10-8-23(9-11-24)13(2)18(26)20-14-4-5-14/h6-7,13-14H,4-5,8-11H2,1-3H3,(H,20,26)/b7-6+. The van der Waals surface area contributed by atoms with Crippen molar-refractivity contribution in [2.45, 2.75) is 38.8 Å². The maximum absolute atomic E-state index is 12.4. The molecule has 1 aromatic heterocycles. The zero-order chi connectivity index (χ0) is 18.8. The lowest BCUT2D eigenvalue weighted by Gasteiger charge is -2.37. The van der Waals surface area contributed by atoms with Crippen LogP contribution in [0.4, 0.5) is 0 Å². The van der Waals surface area contributed by atoms with Crippen molar-refractivity contribution in [1.29, 1.82) is 0 Å². The zero-order valence-electron chi connectivity index (χ0n) is 15.5. The van der Waals surface area contributed by atoms with E-state index >= 15 is 0 Å². The molecule has 2 heterocycles. The number of rotatable bonds is 5. The number of nitrogens with zero attached hydrogens (tertiary/aromatic N) is 4. The van der Waals surface area contributed by atoms with Crippen molar-refractivity contribution in [3.63, 3.8) is 0 Å². The van der Waals surface area contributed by atoms with E-state index in [1.807, 2.05) is 13.8 Å². The maximum Gasteiger partial charge on any atom is 0.246 e. The van der Waals surface area contributed by atoms with Crippen molar-refractivity contribution < 1.29 is 9.59 Å². The summed E-state index contributed by atoms with van der Waals surface area (Å²) in [4.78, 5) is 28.5. The van der Waals surface area contributed by atoms with Crippen LogP contribution in [0.25, 0.3) is 6.08 Å². The Morgan fingerprint density at radius 2 is 1.92 bits per heavy atom. The van der Waals surface area contributed by atoms with E-state index in [-0.39, 0.29) is 17.9 Å². The molecule has 1 aliphatic carbocycles. The second-order valence-electron chi connectivity index (χ2n) is 7.07. The van der Waals surface area contributed by atoms with Gasteiger partial charge in [-0.1, -0.05) is 11.6 Å². The Hall–Kier alpha value is -1.86. The minimum Gasteiger partial charge on any atom is -0.352 e. The number of halogens is 1. The first-order chi connectivity index (χ1) is 12.4. The number of nitrogens with one attached hydrogen (secondary N) is 1. The van der Waals surface area contributed by atoms with E-state index in [9.17, 15) is 9.59 Å². The topological polar surface area (TPSA) is 70.5 Å². The van der Waals surface area contributed by atoms with Crippen LogP contribution in [-0.4, -0.2) is 69.7 Å². The molecule has 142 valence electrons. The Kier molecular flexibility index (Phi) is 5.67. The van der Waals surface area contributed by atoms with Crippen LogP contribution in [0.3, 0.4) is 0 Å². The highest BCUT2D eigenvalue weighted by molar-refractivity contribution is 6.31. The molecule has 0 radical (unpaired) electrons. The predicted octanol–water partition coefficient (Wildman–Crippen LogP) is 1.21. The Labute approximate surface area is 159 Å². The molecule has 1 saturated carbocycles. The van der Waals surface area contributed by atoms with E-state index in [4.69, 9.17) is 11.6 Å². The molecule has 2 amide bonds. The molecular formula is C18H26ClN5O2. The molecule has 8 heteroatoms. The van der Waals surface area contributed by atoms with E-state index in [1.54, 1.807) is 28.8 Å². The average molecular weight is 380 g/mol. The van der Waals surface area contributed by atoms with Crippen LogP contribution in [0.15, 0.2) is 6.08 Å². The summed E-state index contributed by atoms with van der Waals surface area (Å²) in [5, 5.41) is 7.80. The summed E-state index contributed by atoms with van der Waals surface area (Å²) in [5.41, 5.74) is 1.56. The van der Waals surface area contributed by atoms with Crippen LogP contribution in [0.2, 0.25) is 5.15 Å². The number of hydrogen-bond acceptors (Lipinski definition) is 4. The summed E-state index contributed by atoms with van der Waals surface area (Å²) in [5.74, 6) is 0.0490. The van der Waals surface area contributed by atoms with Gasteiger partial charge in [-0.25, -0.2) is 0 Å². The van der Waals surface area contributed by atoms with E-state index in [0.717, 1.165) is 24.1 Å². The first-order valence-electron chi connectivity index (χ1n) is 9.07. The van der Waals surface area contributed by atoms with Gasteiger partial charge in [0.05, 0.1) is 11.7 Å². The summed E-state index contributed by atoms with van der Waals surface area (Å²) in [6.07, 6.45) is 5.46. The lowest BCUT2D eigenvalue weighted by Crippen LogP contribution is -2.55. The molecule has 7 nitrogen and oxygen atoms in total. The highest BCUT2D eigenvalue weighted by atomic mass is 35.5. The fourth-order valence-corrected chi connectivity index (χ4v) is 3.38. The van der Waals surface area contributed by atoms with Gasteiger partial charge in [0.15, 0.2) is 0 Å². The van der Waals surface area contributed by atoms with Crippen LogP contribution in [0, 0.1) is 6.92 Å². The Balaban J connectivity index is 1.51. The summed E-state index contributed by atoms with van der Waals surface area (Å²) >= 11 is 6.19. The summed E-state index contributed by atoms with van der Waals surface area (Å²) in [7, 11) is 1.77. The first-order valence-corrected chi connectivity index (χ1v) is 9.45. The third-order valence-corrected chi connectivity index (χ3v) is 5.51. The van der Waals surface area contributed by atoms with E-state index in [0.29, 0.717) is 37.4 Å². The normalized spacial score (nSPS) is 19.8. The van der Waals surface area contributed by atoms with Gasteiger partial charge in [0.25, 0.3) is 0 Å². The summed E-state index contributed by atoms with van der Waals surface area (Å²) < 4.78 is 1.59. The van der Waals surface area contributed by atoms with E-state index < -0.39 is 0 Å². The predicted molar refractivity (Wildman–Crippen MR) is 101 cm³/mol. The van der Waals surface area contributed by atoms with Crippen molar-refractivity contribution in [2.24, 2.45) is 7.05 Å². The lowest BCUT2D eigenvalue weighted by molar-refractivity contribution is -0.130. The average Bonchev–Trinajstić information content (AvgIpc) is 3.40. The SMILES string of the molecule is Cc1nn(C)c(Cl)c1/C=C/C(=O)N1CCN(C(C)C(=O)NC2CC2)CC1. The van der Waals surface area contributed by atoms with Crippen molar-refractivity contribution in [3.05, 3.63) is 22.5 Å². The third kappa shape index (κ3) is 4.27. The zero-order valence-corrected chi connectivity index (χ0v) is 16.3. The highest BCUT2D eigenvalue weighted by Gasteiger charge is 2.30. The van der Waals surface area contributed by atoms with Gasteiger partial charge in [-0.2, -0.15) is 5.10 Å². The summed E-state index contributed by atoms with van der Waals surface area (Å²) in [6, 6.07) is 0.223. The molecule has 2 aliphatic rings. The fourth-order valence-electron chi connectivity index (χ4n) is 3.14. The molecule has 0 aromatic carbocycles. The van der Waals surface area contributed by atoms with Crippen LogP contribution >= 0.6 is 11.6 Å². The van der Waals surface area contributed by atoms with Crippen molar-refractivity contribution >= 4 is 29.5 Å². The second kappa shape index (κ2) is 7.80. The molecule has 1 aromatic rings.